The number of hydrogen-bond acceptors (Lipinski definition) is 7. The standard InChI is InChI=1S/C27H25ClN6O3S/c1-15(2)14-27(3,25(36)37)31-24(35)19-5-4-12-34-22(32-33-23(19)34)16-6-9-18(10-7-16)29-26-30-20-11-8-17(28)13-21(20)38-26/h4-13,15H,14H2,1-3H3,(H,29,30)(H,31,35)(H,36,37)/t27-/m1/s1. The van der Waals surface area contributed by atoms with E-state index in [4.69, 9.17) is 11.6 Å². The van der Waals surface area contributed by atoms with Crippen LogP contribution in [0.2, 0.25) is 5.02 Å². The molecule has 0 unspecified atom stereocenters. The molecule has 5 aromatic rings. The van der Waals surface area contributed by atoms with Crippen molar-refractivity contribution in [1.29, 1.82) is 0 Å². The minimum Gasteiger partial charge on any atom is -0.480 e. The Morgan fingerprint density at radius 3 is 2.61 bits per heavy atom. The van der Waals surface area contributed by atoms with E-state index in [-0.39, 0.29) is 11.5 Å². The molecule has 5 rings (SSSR count). The second kappa shape index (κ2) is 10.0. The number of carbonyl (C=O) groups is 2. The van der Waals surface area contributed by atoms with Crippen molar-refractivity contribution in [2.45, 2.75) is 32.7 Å². The van der Waals surface area contributed by atoms with Crippen LogP contribution < -0.4 is 10.6 Å². The van der Waals surface area contributed by atoms with Gasteiger partial charge in [-0.1, -0.05) is 36.8 Å². The van der Waals surface area contributed by atoms with Crippen LogP contribution in [0.4, 0.5) is 10.8 Å². The number of carboxylic acid groups (broad SMARTS) is 1. The van der Waals surface area contributed by atoms with E-state index in [0.29, 0.717) is 22.9 Å². The number of amides is 1. The lowest BCUT2D eigenvalue weighted by atomic mass is 9.90. The van der Waals surface area contributed by atoms with Crippen LogP contribution >= 0.6 is 22.9 Å². The van der Waals surface area contributed by atoms with Crippen molar-refractivity contribution in [3.63, 3.8) is 0 Å². The molecule has 0 aliphatic heterocycles. The molecule has 0 fully saturated rings. The van der Waals surface area contributed by atoms with Crippen molar-refractivity contribution in [2.75, 3.05) is 5.32 Å². The van der Waals surface area contributed by atoms with Crippen molar-refractivity contribution in [2.24, 2.45) is 5.92 Å². The van der Waals surface area contributed by atoms with E-state index >= 15 is 0 Å². The van der Waals surface area contributed by atoms with E-state index in [1.54, 1.807) is 22.7 Å². The third-order valence-corrected chi connectivity index (χ3v) is 7.27. The molecule has 0 saturated heterocycles. The lowest BCUT2D eigenvalue weighted by molar-refractivity contribution is -0.144. The second-order valence-electron chi connectivity index (χ2n) is 9.66. The maximum absolute atomic E-state index is 13.1. The molecule has 0 saturated carbocycles. The van der Waals surface area contributed by atoms with Gasteiger partial charge in [0.05, 0.1) is 15.8 Å². The zero-order valence-corrected chi connectivity index (χ0v) is 22.5. The molecule has 194 valence electrons. The lowest BCUT2D eigenvalue weighted by Crippen LogP contribution is -2.53. The van der Waals surface area contributed by atoms with Crippen LogP contribution in [0.5, 0.6) is 0 Å². The predicted molar refractivity (Wildman–Crippen MR) is 149 cm³/mol. The van der Waals surface area contributed by atoms with Gasteiger partial charge in [0.2, 0.25) is 0 Å². The van der Waals surface area contributed by atoms with Crippen LogP contribution in [-0.4, -0.2) is 42.1 Å². The third kappa shape index (κ3) is 5.05. The zero-order valence-electron chi connectivity index (χ0n) is 20.9. The van der Waals surface area contributed by atoms with Crippen molar-refractivity contribution in [3.8, 4) is 11.4 Å². The number of carbonyl (C=O) groups excluding carboxylic acids is 1. The van der Waals surface area contributed by atoms with E-state index in [9.17, 15) is 14.7 Å². The number of anilines is 2. The Bertz CT molecular complexity index is 1660. The first-order valence-corrected chi connectivity index (χ1v) is 13.2. The molecule has 1 amide bonds. The first kappa shape index (κ1) is 25.6. The van der Waals surface area contributed by atoms with Gasteiger partial charge in [-0.3, -0.25) is 9.20 Å². The number of carboxylic acids is 1. The summed E-state index contributed by atoms with van der Waals surface area (Å²) in [5, 5.41) is 25.7. The SMILES string of the molecule is CC(C)C[C@@](C)(NC(=O)c1cccn2c(-c3ccc(Nc4nc5ccc(Cl)cc5s4)cc3)nnc12)C(=O)O. The number of halogens is 1. The zero-order chi connectivity index (χ0) is 27.0. The van der Waals surface area contributed by atoms with Crippen LogP contribution in [0.1, 0.15) is 37.6 Å². The minimum absolute atomic E-state index is 0.0810. The molecule has 38 heavy (non-hydrogen) atoms. The summed E-state index contributed by atoms with van der Waals surface area (Å²) in [5.74, 6) is -0.967. The number of thiazole rings is 1. The van der Waals surface area contributed by atoms with Crippen LogP contribution in [-0.2, 0) is 4.79 Å². The molecule has 9 nitrogen and oxygen atoms in total. The molecule has 0 aliphatic carbocycles. The summed E-state index contributed by atoms with van der Waals surface area (Å²) in [5.41, 5.74) is 1.71. The molecule has 3 N–H and O–H groups in total. The average Bonchev–Trinajstić information content (AvgIpc) is 3.47. The van der Waals surface area contributed by atoms with Crippen LogP contribution in [0.15, 0.2) is 60.8 Å². The van der Waals surface area contributed by atoms with E-state index in [0.717, 1.165) is 26.6 Å². The van der Waals surface area contributed by atoms with Gasteiger partial charge in [0.1, 0.15) is 5.54 Å². The highest BCUT2D eigenvalue weighted by Gasteiger charge is 2.36. The van der Waals surface area contributed by atoms with Gasteiger partial charge in [0, 0.05) is 22.5 Å². The number of nitrogens with one attached hydrogen (secondary N) is 2. The van der Waals surface area contributed by atoms with Gasteiger partial charge in [0.15, 0.2) is 16.6 Å². The van der Waals surface area contributed by atoms with Gasteiger partial charge in [0.25, 0.3) is 5.91 Å². The van der Waals surface area contributed by atoms with E-state index in [1.807, 2.05) is 56.3 Å². The molecule has 3 aromatic heterocycles. The smallest absolute Gasteiger partial charge is 0.329 e. The molecule has 0 aliphatic rings. The number of aliphatic carboxylic acids is 1. The minimum atomic E-state index is -1.40. The Kier molecular flexibility index (Phi) is 6.77. The molecule has 3 heterocycles. The number of hydrogen-bond donors (Lipinski definition) is 3. The molecule has 0 bridgehead atoms. The van der Waals surface area contributed by atoms with Gasteiger partial charge in [-0.05, 0) is 73.9 Å². The maximum atomic E-state index is 13.1. The number of fused-ring (bicyclic) bond motifs is 2. The first-order chi connectivity index (χ1) is 18.1. The van der Waals surface area contributed by atoms with Crippen molar-refractivity contribution in [1.82, 2.24) is 24.9 Å². The summed E-state index contributed by atoms with van der Waals surface area (Å²) in [6, 6.07) is 16.5. The molecule has 2 aromatic carbocycles. The molecule has 1 atom stereocenters. The Morgan fingerprint density at radius 2 is 1.89 bits per heavy atom. The van der Waals surface area contributed by atoms with Gasteiger partial charge in [-0.2, -0.15) is 0 Å². The van der Waals surface area contributed by atoms with Gasteiger partial charge < -0.3 is 15.7 Å². The summed E-state index contributed by atoms with van der Waals surface area (Å²) < 4.78 is 2.72. The number of pyridine rings is 1. The summed E-state index contributed by atoms with van der Waals surface area (Å²) in [7, 11) is 0. The molecular weight excluding hydrogens is 524 g/mol. The molecule has 11 heteroatoms. The molecular formula is C27H25ClN6O3S. The number of nitrogens with zero attached hydrogens (tertiary/aromatic N) is 4. The Morgan fingerprint density at radius 1 is 1.13 bits per heavy atom. The highest BCUT2D eigenvalue weighted by molar-refractivity contribution is 7.22. The lowest BCUT2D eigenvalue weighted by Gasteiger charge is -2.28. The van der Waals surface area contributed by atoms with Crippen LogP contribution in [0.3, 0.4) is 0 Å². The van der Waals surface area contributed by atoms with E-state index < -0.39 is 17.4 Å². The predicted octanol–water partition coefficient (Wildman–Crippen LogP) is 6.02. The second-order valence-corrected chi connectivity index (χ2v) is 11.1. The van der Waals surface area contributed by atoms with Crippen LogP contribution in [0.25, 0.3) is 27.3 Å². The molecule has 0 radical (unpaired) electrons. The third-order valence-electron chi connectivity index (χ3n) is 6.10. The Labute approximate surface area is 227 Å². The fourth-order valence-electron chi connectivity index (χ4n) is 4.39. The number of aromatic nitrogens is 4. The highest BCUT2D eigenvalue weighted by Crippen LogP contribution is 2.31. The fraction of sp³-hybridized carbons (Fsp3) is 0.222. The first-order valence-electron chi connectivity index (χ1n) is 12.0. The topological polar surface area (TPSA) is 122 Å². The Balaban J connectivity index is 1.39. The number of rotatable bonds is 8. The quantitative estimate of drug-likeness (QED) is 0.217. The van der Waals surface area contributed by atoms with Crippen molar-refractivity contribution in [3.05, 3.63) is 71.4 Å². The highest BCUT2D eigenvalue weighted by atomic mass is 35.5. The van der Waals surface area contributed by atoms with Crippen molar-refractivity contribution < 1.29 is 14.7 Å². The number of benzene rings is 2. The van der Waals surface area contributed by atoms with Crippen LogP contribution in [0, 0.1) is 5.92 Å². The monoisotopic (exact) mass is 548 g/mol. The van der Waals surface area contributed by atoms with Crippen molar-refractivity contribution >= 4 is 61.5 Å². The van der Waals surface area contributed by atoms with E-state index in [1.165, 1.54) is 18.3 Å². The normalized spacial score (nSPS) is 13.1. The summed E-state index contributed by atoms with van der Waals surface area (Å²) in [6.07, 6.45) is 2.06. The summed E-state index contributed by atoms with van der Waals surface area (Å²) in [6.45, 7) is 5.34. The Hall–Kier alpha value is -4.02. The van der Waals surface area contributed by atoms with Gasteiger partial charge >= 0.3 is 5.97 Å². The maximum Gasteiger partial charge on any atom is 0.329 e. The summed E-state index contributed by atoms with van der Waals surface area (Å²) >= 11 is 7.60. The van der Waals surface area contributed by atoms with Gasteiger partial charge in [-0.15, -0.1) is 10.2 Å². The largest absolute Gasteiger partial charge is 0.480 e. The average molecular weight is 549 g/mol. The fourth-order valence-corrected chi connectivity index (χ4v) is 5.56. The molecule has 0 spiro atoms. The summed E-state index contributed by atoms with van der Waals surface area (Å²) in [4.78, 5) is 29.6. The van der Waals surface area contributed by atoms with E-state index in [2.05, 4.69) is 25.8 Å². The van der Waals surface area contributed by atoms with Gasteiger partial charge in [-0.25, -0.2) is 9.78 Å².